The van der Waals surface area contributed by atoms with Gasteiger partial charge in [0.2, 0.25) is 0 Å². The SMILES string of the molecule is NS(=O)(=O)NCC1CN(Cc2ccccc2)CCN1Cc1ccccc1. The third-order valence-corrected chi connectivity index (χ3v) is 5.26. The lowest BCUT2D eigenvalue weighted by atomic mass is 10.1. The average Bonchev–Trinajstić information content (AvgIpc) is 2.63. The van der Waals surface area contributed by atoms with Crippen LogP contribution in [0.5, 0.6) is 0 Å². The maximum absolute atomic E-state index is 11.3. The van der Waals surface area contributed by atoms with Gasteiger partial charge < -0.3 is 0 Å². The lowest BCUT2D eigenvalue weighted by Gasteiger charge is -2.41. The average molecular weight is 375 g/mol. The molecule has 0 amide bonds. The largest absolute Gasteiger partial charge is 0.296 e. The van der Waals surface area contributed by atoms with E-state index in [2.05, 4.69) is 38.8 Å². The molecule has 2 aromatic rings. The second kappa shape index (κ2) is 8.75. The molecule has 6 nitrogen and oxygen atoms in total. The molecule has 7 heteroatoms. The van der Waals surface area contributed by atoms with Crippen LogP contribution in [-0.4, -0.2) is 50.4 Å². The smallest absolute Gasteiger partial charge is 0.274 e. The molecule has 1 aliphatic heterocycles. The van der Waals surface area contributed by atoms with E-state index in [1.807, 2.05) is 36.4 Å². The molecule has 3 rings (SSSR count). The van der Waals surface area contributed by atoms with E-state index in [1.54, 1.807) is 0 Å². The number of nitrogens with two attached hydrogens (primary N) is 1. The first kappa shape index (κ1) is 19.0. The van der Waals surface area contributed by atoms with Crippen LogP contribution in [-0.2, 0) is 23.3 Å². The number of nitrogens with zero attached hydrogens (tertiary/aromatic N) is 2. The maximum Gasteiger partial charge on any atom is 0.274 e. The van der Waals surface area contributed by atoms with Gasteiger partial charge in [0.1, 0.15) is 0 Å². The van der Waals surface area contributed by atoms with E-state index in [4.69, 9.17) is 5.14 Å². The Morgan fingerprint density at radius 1 is 0.923 bits per heavy atom. The summed E-state index contributed by atoms with van der Waals surface area (Å²) >= 11 is 0. The number of hydrogen-bond acceptors (Lipinski definition) is 4. The molecule has 0 aromatic heterocycles. The summed E-state index contributed by atoms with van der Waals surface area (Å²) in [6, 6.07) is 20.7. The highest BCUT2D eigenvalue weighted by atomic mass is 32.2. The molecule has 1 atom stereocenters. The zero-order valence-electron chi connectivity index (χ0n) is 14.8. The van der Waals surface area contributed by atoms with Gasteiger partial charge in [0, 0.05) is 45.3 Å². The van der Waals surface area contributed by atoms with Gasteiger partial charge >= 0.3 is 0 Å². The standard InChI is InChI=1S/C19H26N4O2S/c20-26(24,25)21-13-19-16-22(14-17-7-3-1-4-8-17)11-12-23(19)15-18-9-5-2-6-10-18/h1-10,19,21H,11-16H2,(H2,20,24,25). The Bertz CT molecular complexity index is 784. The van der Waals surface area contributed by atoms with E-state index < -0.39 is 10.2 Å². The first-order valence-electron chi connectivity index (χ1n) is 8.81. The van der Waals surface area contributed by atoms with Crippen molar-refractivity contribution in [2.45, 2.75) is 19.1 Å². The van der Waals surface area contributed by atoms with Gasteiger partial charge in [-0.05, 0) is 11.1 Å². The number of hydrogen-bond donors (Lipinski definition) is 2. The van der Waals surface area contributed by atoms with E-state index in [1.165, 1.54) is 11.1 Å². The van der Waals surface area contributed by atoms with Gasteiger partial charge in [-0.3, -0.25) is 9.80 Å². The van der Waals surface area contributed by atoms with E-state index in [0.29, 0.717) is 6.54 Å². The fraction of sp³-hybridized carbons (Fsp3) is 0.368. The van der Waals surface area contributed by atoms with E-state index in [9.17, 15) is 8.42 Å². The van der Waals surface area contributed by atoms with Crippen molar-refractivity contribution < 1.29 is 8.42 Å². The number of rotatable bonds is 7. The van der Waals surface area contributed by atoms with Crippen LogP contribution in [0.1, 0.15) is 11.1 Å². The monoisotopic (exact) mass is 374 g/mol. The molecule has 0 bridgehead atoms. The fourth-order valence-electron chi connectivity index (χ4n) is 3.37. The minimum Gasteiger partial charge on any atom is -0.296 e. The molecule has 140 valence electrons. The van der Waals surface area contributed by atoms with Crippen molar-refractivity contribution in [2.75, 3.05) is 26.2 Å². The van der Waals surface area contributed by atoms with Crippen molar-refractivity contribution >= 4 is 10.2 Å². The van der Waals surface area contributed by atoms with Crippen LogP contribution >= 0.6 is 0 Å². The van der Waals surface area contributed by atoms with Crippen LogP contribution in [0.4, 0.5) is 0 Å². The Hall–Kier alpha value is -1.77. The van der Waals surface area contributed by atoms with Crippen molar-refractivity contribution in [3.63, 3.8) is 0 Å². The van der Waals surface area contributed by atoms with Crippen LogP contribution in [0.3, 0.4) is 0 Å². The number of benzene rings is 2. The van der Waals surface area contributed by atoms with Crippen molar-refractivity contribution in [1.82, 2.24) is 14.5 Å². The third kappa shape index (κ3) is 5.89. The molecule has 1 aliphatic rings. The summed E-state index contributed by atoms with van der Waals surface area (Å²) in [4.78, 5) is 4.70. The molecule has 0 saturated carbocycles. The lowest BCUT2D eigenvalue weighted by molar-refractivity contribution is 0.0664. The second-order valence-electron chi connectivity index (χ2n) is 6.72. The van der Waals surface area contributed by atoms with Gasteiger partial charge in [-0.25, -0.2) is 9.86 Å². The van der Waals surface area contributed by atoms with Crippen LogP contribution < -0.4 is 9.86 Å². The normalized spacial score (nSPS) is 19.5. The zero-order chi connectivity index (χ0) is 18.4. The first-order valence-corrected chi connectivity index (χ1v) is 10.4. The van der Waals surface area contributed by atoms with Crippen LogP contribution in [0, 0.1) is 0 Å². The second-order valence-corrected chi connectivity index (χ2v) is 8.10. The quantitative estimate of drug-likeness (QED) is 0.762. The van der Waals surface area contributed by atoms with Gasteiger partial charge in [0.05, 0.1) is 0 Å². The summed E-state index contributed by atoms with van der Waals surface area (Å²) in [6.07, 6.45) is 0. The molecule has 1 heterocycles. The summed E-state index contributed by atoms with van der Waals surface area (Å²) in [5, 5.41) is 5.14. The Balaban J connectivity index is 1.67. The molecule has 2 aromatic carbocycles. The maximum atomic E-state index is 11.3. The van der Waals surface area contributed by atoms with Crippen LogP contribution in [0.25, 0.3) is 0 Å². The topological polar surface area (TPSA) is 78.7 Å². The van der Waals surface area contributed by atoms with E-state index in [-0.39, 0.29) is 6.04 Å². The van der Waals surface area contributed by atoms with Crippen molar-refractivity contribution in [2.24, 2.45) is 5.14 Å². The molecule has 1 unspecified atom stereocenters. The molecule has 0 spiro atoms. The Labute approximate surface area is 155 Å². The van der Waals surface area contributed by atoms with Gasteiger partial charge in [0.15, 0.2) is 0 Å². The summed E-state index contributed by atoms with van der Waals surface area (Å²) in [5.74, 6) is 0. The van der Waals surface area contributed by atoms with Crippen LogP contribution in [0.2, 0.25) is 0 Å². The predicted molar refractivity (Wildman–Crippen MR) is 103 cm³/mol. The molecule has 26 heavy (non-hydrogen) atoms. The Morgan fingerprint density at radius 2 is 1.50 bits per heavy atom. The third-order valence-electron chi connectivity index (χ3n) is 4.69. The van der Waals surface area contributed by atoms with E-state index in [0.717, 1.165) is 32.7 Å². The predicted octanol–water partition coefficient (Wildman–Crippen LogP) is 1.17. The molecule has 0 radical (unpaired) electrons. The molecule has 1 saturated heterocycles. The van der Waals surface area contributed by atoms with Gasteiger partial charge in [-0.1, -0.05) is 60.7 Å². The molecule has 0 aliphatic carbocycles. The number of nitrogens with one attached hydrogen (secondary N) is 1. The summed E-state index contributed by atoms with van der Waals surface area (Å²) < 4.78 is 25.2. The molecule has 3 N–H and O–H groups in total. The number of piperazine rings is 1. The van der Waals surface area contributed by atoms with E-state index >= 15 is 0 Å². The molecular formula is C19H26N4O2S. The highest BCUT2D eigenvalue weighted by Crippen LogP contribution is 2.16. The van der Waals surface area contributed by atoms with Gasteiger partial charge in [-0.15, -0.1) is 0 Å². The highest BCUT2D eigenvalue weighted by molar-refractivity contribution is 7.87. The van der Waals surface area contributed by atoms with Crippen LogP contribution in [0.15, 0.2) is 60.7 Å². The van der Waals surface area contributed by atoms with Crippen molar-refractivity contribution in [3.8, 4) is 0 Å². The van der Waals surface area contributed by atoms with Crippen molar-refractivity contribution in [1.29, 1.82) is 0 Å². The molecule has 1 fully saturated rings. The molecular weight excluding hydrogens is 348 g/mol. The fourth-order valence-corrected chi connectivity index (χ4v) is 3.80. The summed E-state index contributed by atoms with van der Waals surface area (Å²) in [5.41, 5.74) is 2.49. The highest BCUT2D eigenvalue weighted by Gasteiger charge is 2.27. The Morgan fingerprint density at radius 3 is 2.08 bits per heavy atom. The van der Waals surface area contributed by atoms with Gasteiger partial charge in [0.25, 0.3) is 10.2 Å². The summed E-state index contributed by atoms with van der Waals surface area (Å²) in [6.45, 7) is 4.62. The first-order chi connectivity index (χ1) is 12.5. The lowest BCUT2D eigenvalue weighted by Crippen LogP contribution is -2.56. The van der Waals surface area contributed by atoms with Gasteiger partial charge in [-0.2, -0.15) is 8.42 Å². The minimum atomic E-state index is -3.69. The zero-order valence-corrected chi connectivity index (χ0v) is 15.6. The Kier molecular flexibility index (Phi) is 6.39. The minimum absolute atomic E-state index is 0.0750. The van der Waals surface area contributed by atoms with Crippen molar-refractivity contribution in [3.05, 3.63) is 71.8 Å². The summed E-state index contributed by atoms with van der Waals surface area (Å²) in [7, 11) is -3.69.